The van der Waals surface area contributed by atoms with Crippen LogP contribution in [-0.4, -0.2) is 8.07 Å². The molecule has 3 aromatic rings. The summed E-state index contributed by atoms with van der Waals surface area (Å²) < 4.78 is 0. The van der Waals surface area contributed by atoms with E-state index in [-0.39, 0.29) is 0 Å². The lowest BCUT2D eigenvalue weighted by atomic mass is 9.96. The summed E-state index contributed by atoms with van der Waals surface area (Å²) in [5.74, 6) is 0.701. The van der Waals surface area contributed by atoms with Crippen molar-refractivity contribution in [1.29, 1.82) is 0 Å². The van der Waals surface area contributed by atoms with E-state index in [9.17, 15) is 0 Å². The number of hydrogen-bond acceptors (Lipinski definition) is 0. The molecule has 1 saturated heterocycles. The van der Waals surface area contributed by atoms with E-state index >= 15 is 0 Å². The minimum atomic E-state index is -1.68. The van der Waals surface area contributed by atoms with Crippen molar-refractivity contribution in [2.75, 3.05) is 0 Å². The molecule has 0 N–H and O–H groups in total. The summed E-state index contributed by atoms with van der Waals surface area (Å²) in [4.78, 5) is 0. The molecule has 1 heteroatoms. The molecule has 1 fully saturated rings. The molecular weight excluding hydrogens is 304 g/mol. The molecule has 4 rings (SSSR count). The van der Waals surface area contributed by atoms with E-state index in [2.05, 4.69) is 91.0 Å². The second-order valence-corrected chi connectivity index (χ2v) is 11.2. The van der Waals surface area contributed by atoms with E-state index in [0.29, 0.717) is 5.92 Å². The normalized spacial score (nSPS) is 19.8. The molecule has 0 spiro atoms. The molecule has 1 aliphatic rings. The molecule has 1 heterocycles. The second-order valence-electron chi connectivity index (χ2n) is 7.02. The zero-order valence-corrected chi connectivity index (χ0v) is 15.1. The Labute approximate surface area is 146 Å². The van der Waals surface area contributed by atoms with Gasteiger partial charge in [0.15, 0.2) is 0 Å². The highest BCUT2D eigenvalue weighted by Crippen LogP contribution is 2.38. The van der Waals surface area contributed by atoms with Crippen molar-refractivity contribution in [3.8, 4) is 0 Å². The Kier molecular flexibility index (Phi) is 4.35. The highest BCUT2D eigenvalue weighted by molar-refractivity contribution is 7.02. The van der Waals surface area contributed by atoms with Gasteiger partial charge in [0, 0.05) is 0 Å². The molecular formula is C23H24Si. The minimum Gasteiger partial charge on any atom is -0.0626 e. The van der Waals surface area contributed by atoms with Gasteiger partial charge in [-0.05, 0) is 30.0 Å². The summed E-state index contributed by atoms with van der Waals surface area (Å²) in [5, 5.41) is 3.22. The van der Waals surface area contributed by atoms with Gasteiger partial charge in [-0.15, -0.1) is 0 Å². The standard InChI is InChI=1S/C23H24Si/c1-4-11-20(12-5-1)21-13-10-18-24(19-21,22-14-6-2-7-15-22)23-16-8-3-9-17-23/h1-9,11-12,14-17,21H,10,13,18-19H2. The van der Waals surface area contributed by atoms with Crippen molar-refractivity contribution < 1.29 is 0 Å². The zero-order valence-electron chi connectivity index (χ0n) is 14.1. The van der Waals surface area contributed by atoms with Crippen LogP contribution in [-0.2, 0) is 0 Å². The average Bonchev–Trinajstić information content (AvgIpc) is 2.70. The van der Waals surface area contributed by atoms with Gasteiger partial charge >= 0.3 is 0 Å². The first-order valence-corrected chi connectivity index (χ1v) is 11.5. The van der Waals surface area contributed by atoms with Crippen LogP contribution < -0.4 is 10.4 Å². The molecule has 1 atom stereocenters. The van der Waals surface area contributed by atoms with Crippen LogP contribution in [0.5, 0.6) is 0 Å². The van der Waals surface area contributed by atoms with E-state index < -0.39 is 8.07 Å². The molecule has 0 radical (unpaired) electrons. The highest BCUT2D eigenvalue weighted by atomic mass is 28.3. The zero-order chi connectivity index (χ0) is 16.2. The van der Waals surface area contributed by atoms with Crippen LogP contribution in [0.3, 0.4) is 0 Å². The van der Waals surface area contributed by atoms with Gasteiger partial charge in [-0.1, -0.05) is 108 Å². The molecule has 24 heavy (non-hydrogen) atoms. The van der Waals surface area contributed by atoms with Crippen LogP contribution in [0.1, 0.15) is 24.3 Å². The van der Waals surface area contributed by atoms with Crippen LogP contribution in [0, 0.1) is 0 Å². The van der Waals surface area contributed by atoms with Gasteiger partial charge < -0.3 is 0 Å². The van der Waals surface area contributed by atoms with Crippen molar-refractivity contribution in [2.24, 2.45) is 0 Å². The minimum absolute atomic E-state index is 0.701. The van der Waals surface area contributed by atoms with E-state index in [0.717, 1.165) is 0 Å². The molecule has 0 bridgehead atoms. The predicted molar refractivity (Wildman–Crippen MR) is 106 cm³/mol. The van der Waals surface area contributed by atoms with Crippen molar-refractivity contribution in [3.63, 3.8) is 0 Å². The number of hydrogen-bond donors (Lipinski definition) is 0. The lowest BCUT2D eigenvalue weighted by Gasteiger charge is -2.40. The summed E-state index contributed by atoms with van der Waals surface area (Å²) >= 11 is 0. The maximum Gasteiger partial charge on any atom is 0.118 e. The molecule has 120 valence electrons. The van der Waals surface area contributed by atoms with Gasteiger partial charge in [-0.25, -0.2) is 0 Å². The van der Waals surface area contributed by atoms with Gasteiger partial charge in [-0.3, -0.25) is 0 Å². The smallest absolute Gasteiger partial charge is 0.0626 e. The Morgan fingerprint density at radius 2 is 1.12 bits per heavy atom. The Morgan fingerprint density at radius 1 is 0.625 bits per heavy atom. The Hall–Kier alpha value is -2.12. The monoisotopic (exact) mass is 328 g/mol. The van der Waals surface area contributed by atoms with E-state index in [1.165, 1.54) is 30.5 Å². The molecule has 1 aliphatic heterocycles. The van der Waals surface area contributed by atoms with Crippen LogP contribution in [0.15, 0.2) is 91.0 Å². The maximum atomic E-state index is 2.38. The fourth-order valence-electron chi connectivity index (χ4n) is 4.49. The van der Waals surface area contributed by atoms with Gasteiger partial charge in [0.25, 0.3) is 0 Å². The highest BCUT2D eigenvalue weighted by Gasteiger charge is 2.41. The predicted octanol–water partition coefficient (Wildman–Crippen LogP) is 4.83. The summed E-state index contributed by atoms with van der Waals surface area (Å²) in [6.45, 7) is 0. The third kappa shape index (κ3) is 2.85. The Balaban J connectivity index is 1.79. The second kappa shape index (κ2) is 6.78. The average molecular weight is 329 g/mol. The lowest BCUT2D eigenvalue weighted by molar-refractivity contribution is 0.624. The number of benzene rings is 3. The lowest BCUT2D eigenvalue weighted by Crippen LogP contribution is -2.60. The summed E-state index contributed by atoms with van der Waals surface area (Å²) in [7, 11) is -1.68. The van der Waals surface area contributed by atoms with E-state index in [1.807, 2.05) is 0 Å². The molecule has 3 aromatic carbocycles. The van der Waals surface area contributed by atoms with Crippen LogP contribution in [0.4, 0.5) is 0 Å². The first-order chi connectivity index (χ1) is 11.9. The molecule has 0 aliphatic carbocycles. The van der Waals surface area contributed by atoms with Gasteiger partial charge in [0.2, 0.25) is 0 Å². The van der Waals surface area contributed by atoms with Gasteiger partial charge in [0.1, 0.15) is 8.07 Å². The molecule has 0 saturated carbocycles. The largest absolute Gasteiger partial charge is 0.118 e. The molecule has 0 aromatic heterocycles. The third-order valence-corrected chi connectivity index (χ3v) is 10.9. The number of rotatable bonds is 3. The van der Waals surface area contributed by atoms with Crippen LogP contribution in [0.2, 0.25) is 12.1 Å². The fraction of sp³-hybridized carbons (Fsp3) is 0.217. The Morgan fingerprint density at radius 3 is 1.67 bits per heavy atom. The fourth-order valence-corrected chi connectivity index (χ4v) is 9.83. The van der Waals surface area contributed by atoms with Crippen molar-refractivity contribution in [2.45, 2.75) is 30.8 Å². The quantitative estimate of drug-likeness (QED) is 0.604. The first-order valence-electron chi connectivity index (χ1n) is 9.04. The topological polar surface area (TPSA) is 0 Å². The van der Waals surface area contributed by atoms with E-state index in [4.69, 9.17) is 0 Å². The van der Waals surface area contributed by atoms with Crippen LogP contribution >= 0.6 is 0 Å². The summed E-state index contributed by atoms with van der Waals surface area (Å²) in [6.07, 6.45) is 2.67. The van der Waals surface area contributed by atoms with E-state index in [1.54, 1.807) is 10.4 Å². The Bertz CT molecular complexity index is 725. The van der Waals surface area contributed by atoms with Crippen LogP contribution in [0.25, 0.3) is 0 Å². The van der Waals surface area contributed by atoms with Gasteiger partial charge in [0.05, 0.1) is 0 Å². The van der Waals surface area contributed by atoms with Gasteiger partial charge in [-0.2, -0.15) is 0 Å². The molecule has 0 nitrogen and oxygen atoms in total. The van der Waals surface area contributed by atoms with Crippen molar-refractivity contribution in [1.82, 2.24) is 0 Å². The van der Waals surface area contributed by atoms with Crippen molar-refractivity contribution in [3.05, 3.63) is 96.6 Å². The first kappa shape index (κ1) is 15.4. The molecule has 1 unspecified atom stereocenters. The molecule has 0 amide bonds. The van der Waals surface area contributed by atoms with Crippen molar-refractivity contribution >= 4 is 18.4 Å². The SMILES string of the molecule is c1ccc(C2CCC[Si](c3ccccc3)(c3ccccc3)C2)cc1. The summed E-state index contributed by atoms with van der Waals surface area (Å²) in [6, 6.07) is 36.6. The maximum absolute atomic E-state index is 2.38. The third-order valence-electron chi connectivity index (χ3n) is 5.67. The summed E-state index contributed by atoms with van der Waals surface area (Å²) in [5.41, 5.74) is 1.53.